The van der Waals surface area contributed by atoms with Gasteiger partial charge in [0.2, 0.25) is 0 Å². The van der Waals surface area contributed by atoms with E-state index in [0.29, 0.717) is 0 Å². The molecule has 4 heteroatoms. The Morgan fingerprint density at radius 3 is 1.28 bits per heavy atom. The van der Waals surface area contributed by atoms with Crippen LogP contribution in [0.4, 0.5) is 34.1 Å². The van der Waals surface area contributed by atoms with Crippen LogP contribution in [0.15, 0.2) is 324 Å². The van der Waals surface area contributed by atoms with Gasteiger partial charge in [0, 0.05) is 44.3 Å². The van der Waals surface area contributed by atoms with E-state index >= 15 is 0 Å². The third-order valence-corrected chi connectivity index (χ3v) is 19.2. The summed E-state index contributed by atoms with van der Waals surface area (Å²) in [7, 11) is 0. The van der Waals surface area contributed by atoms with Crippen molar-refractivity contribution in [3.63, 3.8) is 0 Å². The average molecular weight is 1130 g/mol. The first-order valence-corrected chi connectivity index (χ1v) is 30.6. The second kappa shape index (κ2) is 19.1. The number of benzene rings is 15. The maximum absolute atomic E-state index is 6.77. The van der Waals surface area contributed by atoms with Crippen molar-refractivity contribution in [2.24, 2.45) is 0 Å². The van der Waals surface area contributed by atoms with Crippen LogP contribution in [-0.4, -0.2) is 0 Å². The lowest BCUT2D eigenvalue weighted by Gasteiger charge is -2.33. The highest BCUT2D eigenvalue weighted by atomic mass is 16.3. The van der Waals surface area contributed by atoms with Crippen LogP contribution in [-0.2, 0) is 5.41 Å². The fraction of sp³-hybridized carbons (Fsp3) is 0.0118. The van der Waals surface area contributed by atoms with Crippen molar-refractivity contribution < 1.29 is 8.83 Å². The van der Waals surface area contributed by atoms with E-state index in [2.05, 4.69) is 313 Å². The largest absolute Gasteiger partial charge is 0.454 e. The Labute approximate surface area is 513 Å². The van der Waals surface area contributed by atoms with Crippen molar-refractivity contribution in [2.75, 3.05) is 9.80 Å². The van der Waals surface area contributed by atoms with Gasteiger partial charge in [0.05, 0.1) is 16.8 Å². The Bertz CT molecular complexity index is 5730. The molecule has 2 aliphatic carbocycles. The van der Waals surface area contributed by atoms with Crippen molar-refractivity contribution in [3.05, 3.63) is 338 Å². The van der Waals surface area contributed by atoms with Gasteiger partial charge >= 0.3 is 0 Å². The molecule has 19 rings (SSSR count). The highest BCUT2D eigenvalue weighted by Gasteiger charge is 2.54. The molecule has 2 heterocycles. The summed E-state index contributed by atoms with van der Waals surface area (Å²) in [6, 6.07) is 116. The maximum atomic E-state index is 6.77. The third kappa shape index (κ3) is 7.11. The standard InChI is InChI=1S/C85H52N2O2/c1-3-25-56(26-4-1)86(76-43-21-39-69-64-35-13-17-45-78(64)88-83(69)76)58-29-19-23-53(49-58)54-47-48-68-72(51-54)60-31-7-9-37-66(60)80-73-52-71(61-32-8-10-38-67(61)81(73)85(82(68)80)74-41-15-11-33-62(74)63-34-12-16-42-75(63)85)55-24-20-30-59(50-55)87(57-27-5-2-6-28-57)77-44-22-40-70-65-36-14-18-46-79(65)89-84(70)77/h1-52H. The van der Waals surface area contributed by atoms with Crippen LogP contribution in [0.1, 0.15) is 22.3 Å². The molecular formula is C85H52N2O2. The van der Waals surface area contributed by atoms with Crippen LogP contribution in [0.3, 0.4) is 0 Å². The number of anilines is 6. The van der Waals surface area contributed by atoms with Crippen LogP contribution >= 0.6 is 0 Å². The first kappa shape index (κ1) is 49.5. The number of fused-ring (bicyclic) bond motifs is 23. The predicted molar refractivity (Wildman–Crippen MR) is 370 cm³/mol. The number of para-hydroxylation sites is 6. The monoisotopic (exact) mass is 1130 g/mol. The van der Waals surface area contributed by atoms with E-state index < -0.39 is 5.41 Å². The van der Waals surface area contributed by atoms with E-state index in [1.54, 1.807) is 0 Å². The summed E-state index contributed by atoms with van der Waals surface area (Å²) in [6.07, 6.45) is 0. The van der Waals surface area contributed by atoms with Crippen LogP contribution in [0.2, 0.25) is 0 Å². The molecule has 0 fully saturated rings. The lowest BCUT2D eigenvalue weighted by atomic mass is 9.68. The van der Waals surface area contributed by atoms with Crippen molar-refractivity contribution >= 4 is 110 Å². The first-order valence-electron chi connectivity index (χ1n) is 30.6. The zero-order valence-corrected chi connectivity index (χ0v) is 48.2. The second-order valence-corrected chi connectivity index (χ2v) is 23.7. The molecule has 0 unspecified atom stereocenters. The van der Waals surface area contributed by atoms with Gasteiger partial charge < -0.3 is 18.6 Å². The summed E-state index contributed by atoms with van der Waals surface area (Å²) in [5.74, 6) is 0. The fourth-order valence-electron chi connectivity index (χ4n) is 15.6. The van der Waals surface area contributed by atoms with Gasteiger partial charge in [-0.05, 0) is 184 Å². The Hall–Kier alpha value is -11.7. The van der Waals surface area contributed by atoms with E-state index in [-0.39, 0.29) is 0 Å². The van der Waals surface area contributed by atoms with Crippen molar-refractivity contribution in [1.29, 1.82) is 0 Å². The normalized spacial score (nSPS) is 12.8. The molecule has 17 aromatic rings. The van der Waals surface area contributed by atoms with Crippen LogP contribution in [0.25, 0.3) is 121 Å². The minimum absolute atomic E-state index is 0.662. The molecule has 4 nitrogen and oxygen atoms in total. The summed E-state index contributed by atoms with van der Waals surface area (Å²) in [6.45, 7) is 0. The Morgan fingerprint density at radius 1 is 0.236 bits per heavy atom. The molecule has 0 radical (unpaired) electrons. The van der Waals surface area contributed by atoms with Crippen LogP contribution in [0, 0.1) is 0 Å². The van der Waals surface area contributed by atoms with Gasteiger partial charge in [0.25, 0.3) is 0 Å². The van der Waals surface area contributed by atoms with Gasteiger partial charge in [0.1, 0.15) is 11.2 Å². The first-order chi connectivity index (χ1) is 44.2. The van der Waals surface area contributed by atoms with E-state index in [4.69, 9.17) is 8.83 Å². The van der Waals surface area contributed by atoms with Crippen LogP contribution in [0.5, 0.6) is 0 Å². The topological polar surface area (TPSA) is 32.8 Å². The van der Waals surface area contributed by atoms with Crippen molar-refractivity contribution in [1.82, 2.24) is 0 Å². The quantitative estimate of drug-likeness (QED) is 0.142. The van der Waals surface area contributed by atoms with Gasteiger partial charge in [-0.25, -0.2) is 0 Å². The van der Waals surface area contributed by atoms with Gasteiger partial charge in [-0.2, -0.15) is 0 Å². The summed E-state index contributed by atoms with van der Waals surface area (Å²) < 4.78 is 13.5. The zero-order chi connectivity index (χ0) is 58.3. The molecule has 0 amide bonds. The molecule has 2 aliphatic rings. The number of rotatable bonds is 8. The van der Waals surface area contributed by atoms with E-state index in [1.165, 1.54) is 82.4 Å². The molecule has 0 saturated heterocycles. The Balaban J connectivity index is 0.842. The molecule has 0 atom stereocenters. The molecule has 89 heavy (non-hydrogen) atoms. The molecule has 2 aromatic heterocycles. The summed E-state index contributed by atoms with van der Waals surface area (Å²) in [4.78, 5) is 4.69. The third-order valence-electron chi connectivity index (χ3n) is 19.2. The number of hydrogen-bond donors (Lipinski definition) is 0. The zero-order valence-electron chi connectivity index (χ0n) is 48.2. The van der Waals surface area contributed by atoms with E-state index in [1.807, 2.05) is 12.1 Å². The van der Waals surface area contributed by atoms with Gasteiger partial charge in [-0.1, -0.05) is 231 Å². The number of nitrogens with zero attached hydrogens (tertiary/aromatic N) is 2. The summed E-state index contributed by atoms with van der Waals surface area (Å²) in [5.41, 5.74) is 23.9. The summed E-state index contributed by atoms with van der Waals surface area (Å²) >= 11 is 0. The van der Waals surface area contributed by atoms with Gasteiger partial charge in [0.15, 0.2) is 11.2 Å². The Kier molecular flexibility index (Phi) is 10.7. The lowest BCUT2D eigenvalue weighted by molar-refractivity contribution is 0.668. The predicted octanol–water partition coefficient (Wildman–Crippen LogP) is 23.6. The molecule has 1 spiro atoms. The average Bonchev–Trinajstić information content (AvgIpc) is 1.49. The minimum atomic E-state index is -0.662. The second-order valence-electron chi connectivity index (χ2n) is 23.7. The molecule has 0 N–H and O–H groups in total. The van der Waals surface area contributed by atoms with Crippen LogP contribution < -0.4 is 9.80 Å². The summed E-state index contributed by atoms with van der Waals surface area (Å²) in [5, 5.41) is 11.8. The SMILES string of the molecule is c1ccc(N(c2cccc(-c3ccc4c5c(c6ccccc6c4c3)-c3cc(-c4cccc(N(c6ccccc6)c6cccc7c6oc6ccccc67)c4)c4ccccc4c3C53c4ccccc4-c4ccccc43)c2)c2cccc3c2oc2ccccc23)cc1. The lowest BCUT2D eigenvalue weighted by Crippen LogP contribution is -2.26. The maximum Gasteiger partial charge on any atom is 0.159 e. The van der Waals surface area contributed by atoms with E-state index in [9.17, 15) is 0 Å². The highest BCUT2D eigenvalue weighted by Crippen LogP contribution is 2.67. The molecule has 414 valence electrons. The van der Waals surface area contributed by atoms with Crippen molar-refractivity contribution in [3.8, 4) is 44.5 Å². The highest BCUT2D eigenvalue weighted by molar-refractivity contribution is 6.23. The molecule has 15 aromatic carbocycles. The molecular weight excluding hydrogens is 1080 g/mol. The smallest absolute Gasteiger partial charge is 0.159 e. The number of hydrogen-bond acceptors (Lipinski definition) is 4. The van der Waals surface area contributed by atoms with Gasteiger partial charge in [-0.3, -0.25) is 0 Å². The van der Waals surface area contributed by atoms with Crippen molar-refractivity contribution in [2.45, 2.75) is 5.41 Å². The molecule has 0 saturated carbocycles. The van der Waals surface area contributed by atoms with Gasteiger partial charge in [-0.15, -0.1) is 0 Å². The fourth-order valence-corrected chi connectivity index (χ4v) is 15.6. The molecule has 0 aliphatic heterocycles. The minimum Gasteiger partial charge on any atom is -0.454 e. The van der Waals surface area contributed by atoms with E-state index in [0.717, 1.165) is 94.7 Å². The Morgan fingerprint density at radius 2 is 0.674 bits per heavy atom. The number of furan rings is 2. The molecule has 0 bridgehead atoms.